The Morgan fingerprint density at radius 1 is 0.870 bits per heavy atom. The van der Waals surface area contributed by atoms with Crippen LogP contribution in [0.25, 0.3) is 11.1 Å². The van der Waals surface area contributed by atoms with Gasteiger partial charge in [-0.05, 0) is 57.6 Å². The zero-order valence-corrected chi connectivity index (χ0v) is 14.1. The van der Waals surface area contributed by atoms with Crippen molar-refractivity contribution in [3.8, 4) is 11.1 Å². The average molecular weight is 346 g/mol. The third-order valence-electron chi connectivity index (χ3n) is 3.00. The Morgan fingerprint density at radius 3 is 1.65 bits per heavy atom. The van der Waals surface area contributed by atoms with Crippen LogP contribution in [0, 0.1) is 0 Å². The first-order chi connectivity index (χ1) is 10.5. The van der Waals surface area contributed by atoms with E-state index in [1.54, 1.807) is 36.4 Å². The fourth-order valence-electron chi connectivity index (χ4n) is 1.98. The largest absolute Gasteiger partial charge is 1.00 e. The summed E-state index contributed by atoms with van der Waals surface area (Å²) in [5, 5.41) is 0. The smallest absolute Gasteiger partial charge is 1.00 e. The molecule has 0 heterocycles. The molecule has 6 nitrogen and oxygen atoms in total. The van der Waals surface area contributed by atoms with Crippen LogP contribution in [-0.4, -0.2) is 29.3 Å². The number of hydrogen-bond acceptors (Lipinski definition) is 6. The van der Waals surface area contributed by atoms with Crippen molar-refractivity contribution in [2.45, 2.75) is 0 Å². The molecule has 0 spiro atoms. The summed E-state index contributed by atoms with van der Waals surface area (Å²) in [6, 6.07) is 14.3. The molecule has 0 bridgehead atoms. The van der Waals surface area contributed by atoms with Crippen molar-refractivity contribution in [1.29, 1.82) is 0 Å². The third-order valence-corrected chi connectivity index (χ3v) is 4.04. The molecule has 23 heavy (non-hydrogen) atoms. The van der Waals surface area contributed by atoms with Gasteiger partial charge in [-0.15, -0.1) is 0 Å². The Kier molecular flexibility index (Phi) is 7.98. The van der Waals surface area contributed by atoms with Crippen LogP contribution in [0.15, 0.2) is 48.5 Å². The van der Waals surface area contributed by atoms with Gasteiger partial charge < -0.3 is 21.2 Å². The van der Waals surface area contributed by atoms with Gasteiger partial charge in [-0.1, -0.05) is 24.3 Å². The topological polar surface area (TPSA) is 110 Å². The van der Waals surface area contributed by atoms with Crippen molar-refractivity contribution in [2.24, 2.45) is 0 Å². The number of anilines is 2. The number of nitrogen functional groups attached to an aromatic ring is 1. The van der Waals surface area contributed by atoms with Gasteiger partial charge in [0.15, 0.2) is 0 Å². The average Bonchev–Trinajstić information content (AvgIpc) is 2.47. The molecule has 2 unspecified atom stereocenters. The van der Waals surface area contributed by atoms with E-state index in [-0.39, 0.29) is 32.0 Å². The quantitative estimate of drug-likeness (QED) is 0.389. The molecule has 0 radical (unpaired) electrons. The molecule has 2 aromatic carbocycles. The van der Waals surface area contributed by atoms with Gasteiger partial charge in [0.25, 0.3) is 0 Å². The number of rotatable bonds is 6. The molecule has 0 aliphatic carbocycles. The second-order valence-corrected chi connectivity index (χ2v) is 6.31. The van der Waals surface area contributed by atoms with Gasteiger partial charge in [0.05, 0.1) is 11.8 Å². The Balaban J connectivity index is 0.00000264. The molecule has 0 saturated heterocycles. The molecule has 9 heteroatoms. The van der Waals surface area contributed by atoms with Crippen molar-refractivity contribution in [3.63, 3.8) is 0 Å². The van der Waals surface area contributed by atoms with E-state index < -0.39 is 22.2 Å². The van der Waals surface area contributed by atoms with Crippen LogP contribution in [0.3, 0.4) is 0 Å². The van der Waals surface area contributed by atoms with Gasteiger partial charge in [0, 0.05) is 11.4 Å². The molecular formula is C14H15LiN2O4S2-2. The summed E-state index contributed by atoms with van der Waals surface area (Å²) in [6.07, 6.45) is 0. The summed E-state index contributed by atoms with van der Waals surface area (Å²) in [7, 11) is 0. The van der Waals surface area contributed by atoms with E-state index >= 15 is 0 Å². The molecular weight excluding hydrogens is 331 g/mol. The van der Waals surface area contributed by atoms with E-state index in [0.29, 0.717) is 11.4 Å². The maximum atomic E-state index is 10.8. The summed E-state index contributed by atoms with van der Waals surface area (Å²) < 4.78 is 43.3. The van der Waals surface area contributed by atoms with Gasteiger partial charge in [-0.25, -0.2) is 0 Å². The fraction of sp³-hybridized carbons (Fsp3) is 0.143. The third kappa shape index (κ3) is 6.10. The van der Waals surface area contributed by atoms with Crippen molar-refractivity contribution in [3.05, 3.63) is 48.5 Å². The monoisotopic (exact) mass is 346 g/mol. The maximum absolute atomic E-state index is 10.8. The summed E-state index contributed by atoms with van der Waals surface area (Å²) in [5.74, 6) is -0.760. The summed E-state index contributed by atoms with van der Waals surface area (Å²) >= 11 is -4.74. The summed E-state index contributed by atoms with van der Waals surface area (Å²) in [5.41, 5.74) is 8.72. The zero-order chi connectivity index (χ0) is 16.1. The van der Waals surface area contributed by atoms with Crippen LogP contribution >= 0.6 is 0 Å². The van der Waals surface area contributed by atoms with Gasteiger partial charge in [0.1, 0.15) is 0 Å². The number of nitrogens with two attached hydrogens (primary N) is 1. The first kappa shape index (κ1) is 19.9. The van der Waals surface area contributed by atoms with Crippen LogP contribution in [0.4, 0.5) is 11.4 Å². The molecule has 2 N–H and O–H groups in total. The van der Waals surface area contributed by atoms with Gasteiger partial charge in [-0.3, -0.25) is 8.42 Å². The molecule has 120 valence electrons. The van der Waals surface area contributed by atoms with Gasteiger partial charge in [-0.2, -0.15) is 0 Å². The molecule has 2 rings (SSSR count). The van der Waals surface area contributed by atoms with Gasteiger partial charge in [0.2, 0.25) is 0 Å². The molecule has 0 aliphatic heterocycles. The summed E-state index contributed by atoms with van der Waals surface area (Å²) in [4.78, 5) is 1.26. The van der Waals surface area contributed by atoms with E-state index in [1.165, 1.54) is 4.90 Å². The predicted molar refractivity (Wildman–Crippen MR) is 87.5 cm³/mol. The Morgan fingerprint density at radius 2 is 1.26 bits per heavy atom. The minimum Gasteiger partial charge on any atom is -1.00 e. The Labute approximate surface area is 153 Å². The molecule has 0 fully saturated rings. The Bertz CT molecular complexity index is 670. The molecule has 0 saturated carbocycles. The first-order valence-corrected chi connectivity index (χ1v) is 8.77. The minimum atomic E-state index is -2.37. The Hall–Kier alpha value is -1.14. The van der Waals surface area contributed by atoms with Crippen molar-refractivity contribution < 1.29 is 37.8 Å². The molecule has 2 aromatic rings. The van der Waals surface area contributed by atoms with E-state index in [1.807, 2.05) is 12.1 Å². The van der Waals surface area contributed by atoms with Crippen LogP contribution in [-0.2, 0) is 22.2 Å². The number of nitrogens with zero attached hydrogens (tertiary/aromatic N) is 1. The molecule has 0 amide bonds. The van der Waals surface area contributed by atoms with Gasteiger partial charge >= 0.3 is 18.9 Å². The predicted octanol–water partition coefficient (Wildman–Crippen LogP) is -1.47. The molecule has 0 aromatic heterocycles. The van der Waals surface area contributed by atoms with Crippen LogP contribution in [0.1, 0.15) is 1.43 Å². The maximum Gasteiger partial charge on any atom is 1.00 e. The van der Waals surface area contributed by atoms with E-state index in [9.17, 15) is 17.5 Å². The standard InChI is InChI=1S/C14H16N2O4S2.Li.H/c15-13-5-1-11(2-6-13)12-3-7-14(8-4-12)16(9-21(17)18)10-22(19)20;;/h1-8H,9-10,15H2,(H,17,18)(H,19,20);;/q;+1;-1/p-2. The second kappa shape index (κ2) is 9.23. The van der Waals surface area contributed by atoms with Crippen LogP contribution in [0.2, 0.25) is 0 Å². The fourth-order valence-corrected chi connectivity index (χ4v) is 3.09. The summed E-state index contributed by atoms with van der Waals surface area (Å²) in [6.45, 7) is 0. The van der Waals surface area contributed by atoms with Crippen molar-refractivity contribution >= 4 is 33.5 Å². The SMILES string of the molecule is Nc1ccc(-c2ccc(N(CS(=O)[O-])CS(=O)[O-])cc2)cc1.[H-].[Li+]. The van der Waals surface area contributed by atoms with E-state index in [4.69, 9.17) is 5.73 Å². The molecule has 2 atom stereocenters. The minimum absolute atomic E-state index is 0. The number of benzene rings is 2. The van der Waals surface area contributed by atoms with Crippen LogP contribution < -0.4 is 29.5 Å². The zero-order valence-electron chi connectivity index (χ0n) is 13.5. The van der Waals surface area contributed by atoms with E-state index in [0.717, 1.165) is 11.1 Å². The first-order valence-electron chi connectivity index (χ1n) is 6.28. The van der Waals surface area contributed by atoms with Crippen molar-refractivity contribution in [2.75, 3.05) is 22.4 Å². The van der Waals surface area contributed by atoms with E-state index in [2.05, 4.69) is 0 Å². The van der Waals surface area contributed by atoms with Crippen LogP contribution in [0.5, 0.6) is 0 Å². The normalized spacial score (nSPS) is 13.0. The number of hydrogen-bond donors (Lipinski definition) is 1. The molecule has 0 aliphatic rings. The van der Waals surface area contributed by atoms with Crippen molar-refractivity contribution in [1.82, 2.24) is 0 Å². The second-order valence-electron chi connectivity index (χ2n) is 4.57.